The number of fused-ring (bicyclic) bond motifs is 2. The average molecular weight is 450 g/mol. The second-order valence-corrected chi connectivity index (χ2v) is 8.11. The van der Waals surface area contributed by atoms with Crippen LogP contribution in [0, 0.1) is 0 Å². The molecule has 0 unspecified atom stereocenters. The number of hydroxylamine groups is 1. The first-order valence-electron chi connectivity index (χ1n) is 9.37. The fourth-order valence-corrected chi connectivity index (χ4v) is 4.43. The first kappa shape index (κ1) is 20.6. The molecule has 0 aliphatic carbocycles. The molecule has 0 spiro atoms. The quantitative estimate of drug-likeness (QED) is 0.270. The molecule has 1 aromatic carbocycles. The molecule has 3 aromatic rings. The molecule has 0 saturated heterocycles. The Morgan fingerprint density at radius 2 is 2.10 bits per heavy atom. The van der Waals surface area contributed by atoms with Gasteiger partial charge in [-0.05, 0) is 36.7 Å². The minimum atomic E-state index is -0.379. The first-order valence-corrected chi connectivity index (χ1v) is 10.6. The Morgan fingerprint density at radius 3 is 2.90 bits per heavy atom. The summed E-state index contributed by atoms with van der Waals surface area (Å²) in [5.74, 6) is 1.26. The third-order valence-corrected chi connectivity index (χ3v) is 6.18. The van der Waals surface area contributed by atoms with Gasteiger partial charge in [0.1, 0.15) is 5.52 Å². The number of imidazole rings is 1. The predicted octanol–water partition coefficient (Wildman–Crippen LogP) is 3.61. The van der Waals surface area contributed by atoms with E-state index >= 15 is 0 Å². The van der Waals surface area contributed by atoms with Crippen molar-refractivity contribution in [3.8, 4) is 11.5 Å². The van der Waals surface area contributed by atoms with Gasteiger partial charge in [0, 0.05) is 30.1 Å². The number of aryl methyl sites for hydroxylation is 1. The maximum Gasteiger partial charge on any atom is 0.243 e. The van der Waals surface area contributed by atoms with Crippen molar-refractivity contribution in [2.75, 3.05) is 12.5 Å². The van der Waals surface area contributed by atoms with E-state index in [9.17, 15) is 4.79 Å². The number of nitrogens with zero attached hydrogens (tertiary/aromatic N) is 3. The average Bonchev–Trinajstić information content (AvgIpc) is 3.33. The second kappa shape index (κ2) is 8.99. The van der Waals surface area contributed by atoms with Gasteiger partial charge < -0.3 is 19.8 Å². The normalized spacial score (nSPS) is 12.5. The number of aromatic nitrogens is 3. The van der Waals surface area contributed by atoms with Crippen molar-refractivity contribution < 1.29 is 19.5 Å². The monoisotopic (exact) mass is 449 g/mol. The van der Waals surface area contributed by atoms with Gasteiger partial charge in [0.2, 0.25) is 12.7 Å². The number of anilines is 1. The molecule has 0 fully saturated rings. The molecule has 3 heterocycles. The van der Waals surface area contributed by atoms with Gasteiger partial charge >= 0.3 is 0 Å². The van der Waals surface area contributed by atoms with Gasteiger partial charge in [-0.2, -0.15) is 0 Å². The highest BCUT2D eigenvalue weighted by atomic mass is 35.5. The Balaban J connectivity index is 1.57. The number of carbonyl (C=O) groups is 1. The van der Waals surface area contributed by atoms with Crippen molar-refractivity contribution in [1.29, 1.82) is 0 Å². The number of ether oxygens (including phenoxy) is 2. The van der Waals surface area contributed by atoms with E-state index in [2.05, 4.69) is 9.55 Å². The van der Waals surface area contributed by atoms with Crippen LogP contribution in [0.4, 0.5) is 5.82 Å². The molecular formula is C19H20ClN5O4S. The van der Waals surface area contributed by atoms with E-state index in [1.165, 1.54) is 11.8 Å². The fourth-order valence-electron chi connectivity index (χ4n) is 3.21. The molecule has 1 amide bonds. The maximum atomic E-state index is 11.2. The van der Waals surface area contributed by atoms with Gasteiger partial charge in [0.15, 0.2) is 22.5 Å². The van der Waals surface area contributed by atoms with Crippen LogP contribution in [0.25, 0.3) is 11.0 Å². The van der Waals surface area contributed by atoms with E-state index in [1.54, 1.807) is 17.7 Å². The van der Waals surface area contributed by atoms with Gasteiger partial charge in [-0.25, -0.2) is 15.4 Å². The summed E-state index contributed by atoms with van der Waals surface area (Å²) >= 11 is 7.86. The van der Waals surface area contributed by atoms with Crippen LogP contribution in [0.5, 0.6) is 11.5 Å². The molecule has 30 heavy (non-hydrogen) atoms. The van der Waals surface area contributed by atoms with Gasteiger partial charge in [0.05, 0.1) is 10.5 Å². The lowest BCUT2D eigenvalue weighted by molar-refractivity contribution is -0.129. The molecule has 11 heteroatoms. The lowest BCUT2D eigenvalue weighted by Crippen LogP contribution is -2.17. The number of benzene rings is 1. The van der Waals surface area contributed by atoms with Crippen LogP contribution in [0.15, 0.2) is 34.4 Å². The summed E-state index contributed by atoms with van der Waals surface area (Å²) in [6.07, 6.45) is 4.27. The highest BCUT2D eigenvalue weighted by Crippen LogP contribution is 2.43. The number of amides is 1. The lowest BCUT2D eigenvalue weighted by Gasteiger charge is -2.10. The topological polar surface area (TPSA) is 125 Å². The van der Waals surface area contributed by atoms with Crippen molar-refractivity contribution in [3.63, 3.8) is 0 Å². The van der Waals surface area contributed by atoms with Gasteiger partial charge in [-0.1, -0.05) is 18.0 Å². The first-order chi connectivity index (χ1) is 14.6. The molecular weight excluding hydrogens is 430 g/mol. The van der Waals surface area contributed by atoms with Crippen LogP contribution in [-0.4, -0.2) is 32.4 Å². The summed E-state index contributed by atoms with van der Waals surface area (Å²) in [6.45, 7) is 0.861. The zero-order valence-corrected chi connectivity index (χ0v) is 17.5. The van der Waals surface area contributed by atoms with Crippen LogP contribution in [-0.2, 0) is 11.3 Å². The van der Waals surface area contributed by atoms with E-state index < -0.39 is 0 Å². The Labute approximate surface area is 181 Å². The third-order valence-electron chi connectivity index (χ3n) is 4.70. The highest BCUT2D eigenvalue weighted by Gasteiger charge is 2.20. The van der Waals surface area contributed by atoms with Crippen LogP contribution >= 0.6 is 23.4 Å². The molecule has 1 aliphatic rings. The Hall–Kier alpha value is -2.69. The van der Waals surface area contributed by atoms with Gasteiger partial charge in [-0.15, -0.1) is 0 Å². The van der Waals surface area contributed by atoms with E-state index in [0.29, 0.717) is 40.8 Å². The molecule has 9 nitrogen and oxygen atoms in total. The number of halogens is 1. The zero-order chi connectivity index (χ0) is 21.1. The minimum absolute atomic E-state index is 0.175. The summed E-state index contributed by atoms with van der Waals surface area (Å²) in [5, 5.41) is 9.86. The van der Waals surface area contributed by atoms with Crippen molar-refractivity contribution >= 4 is 46.1 Å². The number of nitrogens with two attached hydrogens (primary N) is 1. The Morgan fingerprint density at radius 1 is 1.30 bits per heavy atom. The number of carbonyl (C=O) groups excluding carboxylic acids is 1. The summed E-state index contributed by atoms with van der Waals surface area (Å²) in [6, 6.07) is 5.46. The molecule has 1 aliphatic heterocycles. The number of pyridine rings is 1. The van der Waals surface area contributed by atoms with Crippen LogP contribution in [0.3, 0.4) is 0 Å². The highest BCUT2D eigenvalue weighted by molar-refractivity contribution is 7.99. The lowest BCUT2D eigenvalue weighted by atomic mass is 10.2. The van der Waals surface area contributed by atoms with E-state index in [4.69, 9.17) is 37.0 Å². The van der Waals surface area contributed by atoms with E-state index in [-0.39, 0.29) is 19.1 Å². The number of rotatable bonds is 8. The number of unbranched alkanes of at least 4 members (excludes halogenated alkanes) is 2. The molecule has 0 radical (unpaired) electrons. The SMILES string of the molecule is Nc1nccc2c1nc(Sc1cc3c(cc1Cl)OCO3)n2CCCCCC(=O)NO. The standard InChI is InChI=1S/C19H20ClN5O4S/c20-11-8-13-14(29-10-28-13)9-15(11)30-19-23-17-12(5-6-22-18(17)21)25(19)7-3-1-2-4-16(26)24-27/h5-6,8-9,27H,1-4,7,10H2,(H2,21,22)(H,24,26). The van der Waals surface area contributed by atoms with Crippen molar-refractivity contribution in [1.82, 2.24) is 20.0 Å². The smallest absolute Gasteiger partial charge is 0.243 e. The van der Waals surface area contributed by atoms with Gasteiger partial charge in [-0.3, -0.25) is 10.0 Å². The van der Waals surface area contributed by atoms with Gasteiger partial charge in [0.25, 0.3) is 0 Å². The largest absolute Gasteiger partial charge is 0.454 e. The third kappa shape index (κ3) is 4.25. The maximum absolute atomic E-state index is 11.2. The van der Waals surface area contributed by atoms with Crippen molar-refractivity contribution in [3.05, 3.63) is 29.4 Å². The van der Waals surface area contributed by atoms with Crippen LogP contribution in [0.2, 0.25) is 5.02 Å². The number of hydrogen-bond acceptors (Lipinski definition) is 8. The summed E-state index contributed by atoms with van der Waals surface area (Å²) in [7, 11) is 0. The Kier molecular flexibility index (Phi) is 6.16. The summed E-state index contributed by atoms with van der Waals surface area (Å²) < 4.78 is 12.9. The summed E-state index contributed by atoms with van der Waals surface area (Å²) in [4.78, 5) is 20.8. The molecule has 0 atom stereocenters. The number of nitrogen functional groups attached to an aromatic ring is 1. The predicted molar refractivity (Wildman–Crippen MR) is 112 cm³/mol. The number of hydrogen-bond donors (Lipinski definition) is 3. The fraction of sp³-hybridized carbons (Fsp3) is 0.316. The molecule has 0 saturated carbocycles. The van der Waals surface area contributed by atoms with Crippen LogP contribution in [0.1, 0.15) is 25.7 Å². The molecule has 4 rings (SSSR count). The number of nitrogens with one attached hydrogen (secondary N) is 1. The van der Waals surface area contributed by atoms with Crippen LogP contribution < -0.4 is 20.7 Å². The minimum Gasteiger partial charge on any atom is -0.454 e. The Bertz CT molecular complexity index is 1090. The van der Waals surface area contributed by atoms with E-state index in [0.717, 1.165) is 28.4 Å². The summed E-state index contributed by atoms with van der Waals surface area (Å²) in [5.41, 5.74) is 9.20. The molecule has 0 bridgehead atoms. The molecule has 4 N–H and O–H groups in total. The van der Waals surface area contributed by atoms with Crippen molar-refractivity contribution in [2.24, 2.45) is 0 Å². The van der Waals surface area contributed by atoms with E-state index in [1.807, 2.05) is 12.1 Å². The zero-order valence-electron chi connectivity index (χ0n) is 15.9. The molecule has 158 valence electrons. The second-order valence-electron chi connectivity index (χ2n) is 6.69. The molecule has 2 aromatic heterocycles. The van der Waals surface area contributed by atoms with Crippen molar-refractivity contribution in [2.45, 2.75) is 42.3 Å².